The molecule has 0 atom stereocenters. The van der Waals surface area contributed by atoms with E-state index in [9.17, 15) is 4.79 Å². The van der Waals surface area contributed by atoms with Gasteiger partial charge in [-0.15, -0.1) is 6.58 Å². The third-order valence-corrected chi connectivity index (χ3v) is 2.87. The van der Waals surface area contributed by atoms with Gasteiger partial charge in [-0.25, -0.2) is 4.98 Å². The normalized spacial score (nSPS) is 9.86. The lowest BCUT2D eigenvalue weighted by Crippen LogP contribution is -2.12. The molecule has 1 aromatic heterocycles. The van der Waals surface area contributed by atoms with Crippen molar-refractivity contribution >= 4 is 17.4 Å². The number of carbonyl (C=O) groups is 1. The van der Waals surface area contributed by atoms with Gasteiger partial charge in [0.25, 0.3) is 5.91 Å². The highest BCUT2D eigenvalue weighted by Gasteiger charge is 2.07. The smallest absolute Gasteiger partial charge is 0.255 e. The van der Waals surface area contributed by atoms with E-state index < -0.39 is 0 Å². The molecule has 1 aromatic carbocycles. The van der Waals surface area contributed by atoms with Crippen molar-refractivity contribution in [1.82, 2.24) is 4.98 Å². The minimum Gasteiger partial charge on any atom is -0.494 e. The van der Waals surface area contributed by atoms with Crippen LogP contribution in [0.2, 0.25) is 0 Å². The van der Waals surface area contributed by atoms with Gasteiger partial charge in [-0.1, -0.05) is 6.08 Å². The monoisotopic (exact) mass is 297 g/mol. The number of nitrogens with one attached hydrogen (secondary N) is 2. The molecule has 2 N–H and O–H groups in total. The molecule has 1 amide bonds. The minimum absolute atomic E-state index is 0.187. The zero-order valence-electron chi connectivity index (χ0n) is 12.5. The molecule has 22 heavy (non-hydrogen) atoms. The van der Waals surface area contributed by atoms with Gasteiger partial charge in [0, 0.05) is 24.0 Å². The van der Waals surface area contributed by atoms with Crippen LogP contribution in [-0.4, -0.2) is 24.0 Å². The maximum atomic E-state index is 12.2. The fourth-order valence-electron chi connectivity index (χ4n) is 1.85. The SMILES string of the molecule is C=CCNc1cc(C(=O)Nc2ccc(OCC)cc2)ccn1. The standard InChI is InChI=1S/C17H19N3O2/c1-3-10-18-16-12-13(9-11-19-16)17(21)20-14-5-7-15(8-6-14)22-4-2/h3,5-9,11-12H,1,4,10H2,2H3,(H,18,19)(H,20,21). The largest absolute Gasteiger partial charge is 0.494 e. The number of rotatable bonds is 7. The maximum Gasteiger partial charge on any atom is 0.255 e. The number of pyridine rings is 1. The van der Waals surface area contributed by atoms with E-state index in [0.29, 0.717) is 30.2 Å². The molecule has 5 heteroatoms. The molecule has 1 heterocycles. The molecular weight excluding hydrogens is 278 g/mol. The highest BCUT2D eigenvalue weighted by Crippen LogP contribution is 2.17. The van der Waals surface area contributed by atoms with Crippen LogP contribution in [0.4, 0.5) is 11.5 Å². The van der Waals surface area contributed by atoms with Crippen LogP contribution >= 0.6 is 0 Å². The zero-order valence-corrected chi connectivity index (χ0v) is 12.5. The van der Waals surface area contributed by atoms with E-state index in [-0.39, 0.29) is 5.91 Å². The topological polar surface area (TPSA) is 63.2 Å². The van der Waals surface area contributed by atoms with Gasteiger partial charge in [-0.2, -0.15) is 0 Å². The van der Waals surface area contributed by atoms with Crippen molar-refractivity contribution in [2.45, 2.75) is 6.92 Å². The number of nitrogens with zero attached hydrogens (tertiary/aromatic N) is 1. The molecule has 0 aliphatic rings. The first kappa shape index (κ1) is 15.6. The molecule has 5 nitrogen and oxygen atoms in total. The van der Waals surface area contributed by atoms with Crippen LogP contribution in [0.15, 0.2) is 55.3 Å². The molecule has 0 bridgehead atoms. The van der Waals surface area contributed by atoms with Crippen LogP contribution in [-0.2, 0) is 0 Å². The summed E-state index contributed by atoms with van der Waals surface area (Å²) in [5.74, 6) is 1.23. The molecule has 2 aromatic rings. The van der Waals surface area contributed by atoms with E-state index in [1.165, 1.54) is 0 Å². The molecular formula is C17H19N3O2. The number of hydrogen-bond acceptors (Lipinski definition) is 4. The summed E-state index contributed by atoms with van der Waals surface area (Å²) in [7, 11) is 0. The first-order valence-electron chi connectivity index (χ1n) is 7.08. The van der Waals surface area contributed by atoms with Crippen molar-refractivity contribution in [3.8, 4) is 5.75 Å². The molecule has 0 unspecified atom stereocenters. The van der Waals surface area contributed by atoms with Gasteiger partial charge in [0.2, 0.25) is 0 Å². The van der Waals surface area contributed by atoms with E-state index >= 15 is 0 Å². The highest BCUT2D eigenvalue weighted by molar-refractivity contribution is 6.04. The van der Waals surface area contributed by atoms with Gasteiger partial charge >= 0.3 is 0 Å². The molecule has 114 valence electrons. The first-order chi connectivity index (χ1) is 10.7. The van der Waals surface area contributed by atoms with Crippen LogP contribution < -0.4 is 15.4 Å². The number of anilines is 2. The molecule has 0 aliphatic carbocycles. The number of benzene rings is 1. The molecule has 0 saturated carbocycles. The Kier molecular flexibility index (Phi) is 5.54. The Balaban J connectivity index is 2.03. The average Bonchev–Trinajstić information content (AvgIpc) is 2.55. The minimum atomic E-state index is -0.187. The second kappa shape index (κ2) is 7.83. The van der Waals surface area contributed by atoms with Crippen LogP contribution in [0.1, 0.15) is 17.3 Å². The maximum absolute atomic E-state index is 12.2. The Bertz CT molecular complexity index is 639. The molecule has 0 saturated heterocycles. The Labute approximate surface area is 130 Å². The van der Waals surface area contributed by atoms with Crippen molar-refractivity contribution < 1.29 is 9.53 Å². The second-order valence-corrected chi connectivity index (χ2v) is 4.51. The zero-order chi connectivity index (χ0) is 15.8. The van der Waals surface area contributed by atoms with E-state index in [4.69, 9.17) is 4.74 Å². The summed E-state index contributed by atoms with van der Waals surface area (Å²) >= 11 is 0. The van der Waals surface area contributed by atoms with E-state index in [1.807, 2.05) is 19.1 Å². The van der Waals surface area contributed by atoms with Gasteiger partial charge in [0.05, 0.1) is 6.61 Å². The Morgan fingerprint density at radius 3 is 2.77 bits per heavy atom. The van der Waals surface area contributed by atoms with Gasteiger partial charge in [0.15, 0.2) is 0 Å². The van der Waals surface area contributed by atoms with Gasteiger partial charge in [-0.05, 0) is 43.3 Å². The predicted octanol–water partition coefficient (Wildman–Crippen LogP) is 3.33. The number of hydrogen-bond donors (Lipinski definition) is 2. The predicted molar refractivity (Wildman–Crippen MR) is 88.5 cm³/mol. The van der Waals surface area contributed by atoms with Crippen LogP contribution in [0.5, 0.6) is 5.75 Å². The number of aromatic nitrogens is 1. The summed E-state index contributed by atoms with van der Waals surface area (Å²) in [6.45, 7) is 6.77. The molecule has 0 spiro atoms. The first-order valence-corrected chi connectivity index (χ1v) is 7.08. The van der Waals surface area contributed by atoms with Gasteiger partial charge in [-0.3, -0.25) is 4.79 Å². The third-order valence-electron chi connectivity index (χ3n) is 2.87. The number of amides is 1. The number of carbonyl (C=O) groups excluding carboxylic acids is 1. The van der Waals surface area contributed by atoms with Crippen molar-refractivity contribution in [1.29, 1.82) is 0 Å². The van der Waals surface area contributed by atoms with Crippen LogP contribution in [0.25, 0.3) is 0 Å². The van der Waals surface area contributed by atoms with Gasteiger partial charge < -0.3 is 15.4 Å². The van der Waals surface area contributed by atoms with Crippen LogP contribution in [0, 0.1) is 0 Å². The molecule has 0 aliphatic heterocycles. The lowest BCUT2D eigenvalue weighted by molar-refractivity contribution is 0.102. The van der Waals surface area contributed by atoms with Crippen LogP contribution in [0.3, 0.4) is 0 Å². The molecule has 0 radical (unpaired) electrons. The average molecular weight is 297 g/mol. The van der Waals surface area contributed by atoms with Crippen molar-refractivity contribution in [3.63, 3.8) is 0 Å². The fraction of sp³-hybridized carbons (Fsp3) is 0.176. The van der Waals surface area contributed by atoms with Crippen molar-refractivity contribution in [2.24, 2.45) is 0 Å². The quantitative estimate of drug-likeness (QED) is 0.769. The van der Waals surface area contributed by atoms with Crippen molar-refractivity contribution in [2.75, 3.05) is 23.8 Å². The Morgan fingerprint density at radius 1 is 1.32 bits per heavy atom. The van der Waals surface area contributed by atoms with E-state index in [0.717, 1.165) is 5.75 Å². The van der Waals surface area contributed by atoms with Gasteiger partial charge in [0.1, 0.15) is 11.6 Å². The second-order valence-electron chi connectivity index (χ2n) is 4.51. The summed E-state index contributed by atoms with van der Waals surface area (Å²) in [5, 5.41) is 5.89. The lowest BCUT2D eigenvalue weighted by Gasteiger charge is -2.08. The third kappa shape index (κ3) is 4.34. The summed E-state index contributed by atoms with van der Waals surface area (Å²) in [6, 6.07) is 10.6. The molecule has 0 fully saturated rings. The fourth-order valence-corrected chi connectivity index (χ4v) is 1.85. The summed E-state index contributed by atoms with van der Waals surface area (Å²) in [4.78, 5) is 16.4. The Morgan fingerprint density at radius 2 is 2.09 bits per heavy atom. The van der Waals surface area contributed by atoms with Crippen molar-refractivity contribution in [3.05, 3.63) is 60.8 Å². The van der Waals surface area contributed by atoms with E-state index in [1.54, 1.807) is 36.5 Å². The summed E-state index contributed by atoms with van der Waals surface area (Å²) in [6.07, 6.45) is 3.33. The lowest BCUT2D eigenvalue weighted by atomic mass is 10.2. The molecule has 2 rings (SSSR count). The summed E-state index contributed by atoms with van der Waals surface area (Å²) in [5.41, 5.74) is 1.25. The number of ether oxygens (including phenoxy) is 1. The summed E-state index contributed by atoms with van der Waals surface area (Å²) < 4.78 is 5.37. The Hall–Kier alpha value is -2.82. The van der Waals surface area contributed by atoms with E-state index in [2.05, 4.69) is 22.2 Å². The highest BCUT2D eigenvalue weighted by atomic mass is 16.5.